The van der Waals surface area contributed by atoms with E-state index in [2.05, 4.69) is 14.7 Å². The van der Waals surface area contributed by atoms with Gasteiger partial charge in [-0.05, 0) is 18.6 Å². The van der Waals surface area contributed by atoms with Gasteiger partial charge in [0.1, 0.15) is 5.69 Å². The predicted octanol–water partition coefficient (Wildman–Crippen LogP) is 1.77. The summed E-state index contributed by atoms with van der Waals surface area (Å²) in [6.45, 7) is 5.90. The minimum Gasteiger partial charge on any atom is -0.295 e. The van der Waals surface area contributed by atoms with Crippen molar-refractivity contribution in [2.75, 3.05) is 0 Å². The van der Waals surface area contributed by atoms with Gasteiger partial charge in [0.05, 0.1) is 0 Å². The summed E-state index contributed by atoms with van der Waals surface area (Å²) in [6, 6.07) is 3.73. The first-order valence-corrected chi connectivity index (χ1v) is 5.15. The minimum atomic E-state index is -0.481. The van der Waals surface area contributed by atoms with Gasteiger partial charge in [-0.2, -0.15) is 0 Å². The van der Waals surface area contributed by atoms with Crippen molar-refractivity contribution in [2.24, 2.45) is 7.05 Å². The van der Waals surface area contributed by atoms with Gasteiger partial charge in [0.15, 0.2) is 0 Å². The third-order valence-corrected chi connectivity index (χ3v) is 2.02. The van der Waals surface area contributed by atoms with Crippen LogP contribution in [0.15, 0.2) is 27.6 Å². The van der Waals surface area contributed by atoms with Gasteiger partial charge >= 0.3 is 5.76 Å². The van der Waals surface area contributed by atoms with E-state index in [-0.39, 0.29) is 0 Å². The van der Waals surface area contributed by atoms with E-state index in [1.807, 2.05) is 32.9 Å². The van der Waals surface area contributed by atoms with Gasteiger partial charge in [-0.1, -0.05) is 25.1 Å². The molecule has 0 saturated heterocycles. The number of nitrogens with zero attached hydrogens (tertiary/aromatic N) is 3. The SMILES string of the molecule is CC.Cc1cccnc1-c1noc(=O)n1C. The highest BCUT2D eigenvalue weighted by molar-refractivity contribution is 5.53. The highest BCUT2D eigenvalue weighted by atomic mass is 16.5. The Morgan fingerprint density at radius 1 is 1.38 bits per heavy atom. The molecule has 0 fully saturated rings. The first kappa shape index (κ1) is 12.2. The lowest BCUT2D eigenvalue weighted by Gasteiger charge is -2.00. The summed E-state index contributed by atoms with van der Waals surface area (Å²) in [7, 11) is 1.60. The van der Waals surface area contributed by atoms with Crippen LogP contribution in [0.4, 0.5) is 0 Å². The molecule has 0 aliphatic heterocycles. The second-order valence-electron chi connectivity index (χ2n) is 3.00. The Hall–Kier alpha value is -1.91. The number of aryl methyl sites for hydroxylation is 1. The topological polar surface area (TPSA) is 60.9 Å². The first-order chi connectivity index (χ1) is 7.70. The molecule has 5 nitrogen and oxygen atoms in total. The molecule has 2 aromatic heterocycles. The fraction of sp³-hybridized carbons (Fsp3) is 0.364. The summed E-state index contributed by atoms with van der Waals surface area (Å²) in [6.07, 6.45) is 1.65. The summed E-state index contributed by atoms with van der Waals surface area (Å²) in [5, 5.41) is 3.66. The van der Waals surface area contributed by atoms with Crippen LogP contribution in [0.5, 0.6) is 0 Å². The summed E-state index contributed by atoms with van der Waals surface area (Å²) in [5.74, 6) is -0.0295. The highest BCUT2D eigenvalue weighted by Gasteiger charge is 2.11. The molecule has 0 amide bonds. The van der Waals surface area contributed by atoms with Gasteiger partial charge in [-0.15, -0.1) is 0 Å². The largest absolute Gasteiger partial charge is 0.441 e. The van der Waals surface area contributed by atoms with Crippen molar-refractivity contribution in [2.45, 2.75) is 20.8 Å². The zero-order chi connectivity index (χ0) is 12.1. The zero-order valence-corrected chi connectivity index (χ0v) is 9.89. The van der Waals surface area contributed by atoms with Crippen LogP contribution in [0.2, 0.25) is 0 Å². The molecule has 2 rings (SSSR count). The molecular weight excluding hydrogens is 206 g/mol. The van der Waals surface area contributed by atoms with Crippen molar-refractivity contribution in [1.29, 1.82) is 0 Å². The monoisotopic (exact) mass is 221 g/mol. The van der Waals surface area contributed by atoms with E-state index in [1.54, 1.807) is 13.2 Å². The van der Waals surface area contributed by atoms with Crippen LogP contribution in [0.3, 0.4) is 0 Å². The van der Waals surface area contributed by atoms with Gasteiger partial charge < -0.3 is 0 Å². The fourth-order valence-corrected chi connectivity index (χ4v) is 1.21. The second-order valence-corrected chi connectivity index (χ2v) is 3.00. The van der Waals surface area contributed by atoms with E-state index < -0.39 is 5.76 Å². The number of hydrogen-bond acceptors (Lipinski definition) is 4. The Morgan fingerprint density at radius 2 is 2.06 bits per heavy atom. The van der Waals surface area contributed by atoms with Crippen LogP contribution in [-0.4, -0.2) is 14.7 Å². The van der Waals surface area contributed by atoms with Crippen molar-refractivity contribution in [3.8, 4) is 11.5 Å². The van der Waals surface area contributed by atoms with Gasteiger partial charge in [0.25, 0.3) is 0 Å². The molecule has 0 radical (unpaired) electrons. The molecule has 0 atom stereocenters. The standard InChI is InChI=1S/C9H9N3O2.C2H6/c1-6-4-3-5-10-7(6)8-11-14-9(13)12(8)2;1-2/h3-5H,1-2H3;1-2H3. The van der Waals surface area contributed by atoms with Crippen molar-refractivity contribution in [1.82, 2.24) is 14.7 Å². The van der Waals surface area contributed by atoms with E-state index >= 15 is 0 Å². The molecule has 0 N–H and O–H groups in total. The Bertz CT molecular complexity index is 514. The van der Waals surface area contributed by atoms with Crippen LogP contribution in [0.1, 0.15) is 19.4 Å². The fourth-order valence-electron chi connectivity index (χ4n) is 1.21. The zero-order valence-electron chi connectivity index (χ0n) is 9.89. The number of pyridine rings is 1. The van der Waals surface area contributed by atoms with Crippen molar-refractivity contribution in [3.05, 3.63) is 34.4 Å². The van der Waals surface area contributed by atoms with Gasteiger partial charge in [-0.3, -0.25) is 14.1 Å². The third-order valence-electron chi connectivity index (χ3n) is 2.02. The summed E-state index contributed by atoms with van der Waals surface area (Å²) >= 11 is 0. The van der Waals surface area contributed by atoms with Gasteiger partial charge in [0, 0.05) is 13.2 Å². The van der Waals surface area contributed by atoms with Crippen LogP contribution in [0, 0.1) is 6.92 Å². The van der Waals surface area contributed by atoms with E-state index in [0.717, 1.165) is 5.56 Å². The molecular formula is C11H15N3O2. The Morgan fingerprint density at radius 3 is 2.56 bits per heavy atom. The average Bonchev–Trinajstić information content (AvgIpc) is 2.64. The van der Waals surface area contributed by atoms with E-state index in [1.165, 1.54) is 4.57 Å². The number of aromatic nitrogens is 3. The van der Waals surface area contributed by atoms with E-state index in [0.29, 0.717) is 11.5 Å². The summed E-state index contributed by atoms with van der Waals surface area (Å²) < 4.78 is 5.85. The predicted molar refractivity (Wildman–Crippen MR) is 61.1 cm³/mol. The van der Waals surface area contributed by atoms with Gasteiger partial charge in [0.2, 0.25) is 5.82 Å². The Balaban J connectivity index is 0.000000606. The maximum atomic E-state index is 11.0. The lowest BCUT2D eigenvalue weighted by atomic mass is 10.2. The lowest BCUT2D eigenvalue weighted by molar-refractivity contribution is 0.380. The molecule has 0 aliphatic carbocycles. The van der Waals surface area contributed by atoms with Crippen LogP contribution >= 0.6 is 0 Å². The van der Waals surface area contributed by atoms with Crippen LogP contribution in [-0.2, 0) is 7.05 Å². The minimum absolute atomic E-state index is 0.452. The Labute approximate surface area is 93.7 Å². The molecule has 0 bridgehead atoms. The first-order valence-electron chi connectivity index (χ1n) is 5.15. The smallest absolute Gasteiger partial charge is 0.295 e. The molecule has 2 aromatic rings. The lowest BCUT2D eigenvalue weighted by Crippen LogP contribution is -2.10. The maximum absolute atomic E-state index is 11.0. The molecule has 16 heavy (non-hydrogen) atoms. The average molecular weight is 221 g/mol. The quantitative estimate of drug-likeness (QED) is 0.736. The van der Waals surface area contributed by atoms with Crippen LogP contribution in [0.25, 0.3) is 11.5 Å². The molecule has 86 valence electrons. The molecule has 0 saturated carbocycles. The number of rotatable bonds is 1. The molecule has 0 aliphatic rings. The number of hydrogen-bond donors (Lipinski definition) is 0. The third kappa shape index (κ3) is 2.18. The highest BCUT2D eigenvalue weighted by Crippen LogP contribution is 2.15. The van der Waals surface area contributed by atoms with Gasteiger partial charge in [-0.25, -0.2) is 4.79 Å². The van der Waals surface area contributed by atoms with Crippen molar-refractivity contribution in [3.63, 3.8) is 0 Å². The molecule has 0 unspecified atom stereocenters. The van der Waals surface area contributed by atoms with Crippen molar-refractivity contribution >= 4 is 0 Å². The summed E-state index contributed by atoms with van der Waals surface area (Å²) in [5.41, 5.74) is 1.62. The summed E-state index contributed by atoms with van der Waals surface area (Å²) in [4.78, 5) is 15.2. The van der Waals surface area contributed by atoms with Crippen LogP contribution < -0.4 is 5.76 Å². The second kappa shape index (κ2) is 5.25. The maximum Gasteiger partial charge on any atom is 0.441 e. The Kier molecular flexibility index (Phi) is 3.99. The molecule has 0 aromatic carbocycles. The molecule has 0 spiro atoms. The van der Waals surface area contributed by atoms with E-state index in [4.69, 9.17) is 0 Å². The molecule has 2 heterocycles. The van der Waals surface area contributed by atoms with Crippen molar-refractivity contribution < 1.29 is 4.52 Å². The van der Waals surface area contributed by atoms with E-state index in [9.17, 15) is 4.79 Å². The molecule has 5 heteroatoms. The normalized spacial score (nSPS) is 9.50.